The standard InChI is InChI=1S/C24H30N4O6/c1-5-28-22-19(26-24(28)31)8-7-16(23(22)34-6-2)11-21(30)27(14-20(25)29)13-15-9-17(32-3)12-18(10-15)33-4/h7-10,12H,5-6,11,13-14H2,1-4H3,(H2,25,29)(H,26,31). The van der Waals surface area contributed by atoms with Crippen LogP contribution >= 0.6 is 0 Å². The number of imidazole rings is 1. The molecular formula is C24H30N4O6. The van der Waals surface area contributed by atoms with Gasteiger partial charge in [-0.15, -0.1) is 0 Å². The van der Waals surface area contributed by atoms with Crippen molar-refractivity contribution in [3.8, 4) is 17.2 Å². The van der Waals surface area contributed by atoms with Gasteiger partial charge in [-0.25, -0.2) is 4.79 Å². The van der Waals surface area contributed by atoms with Crippen LogP contribution < -0.4 is 25.6 Å². The highest BCUT2D eigenvalue weighted by Crippen LogP contribution is 2.30. The summed E-state index contributed by atoms with van der Waals surface area (Å²) in [6.07, 6.45) is -0.0389. The Morgan fingerprint density at radius 3 is 2.32 bits per heavy atom. The smallest absolute Gasteiger partial charge is 0.326 e. The second-order valence-electron chi connectivity index (χ2n) is 7.67. The Kier molecular flexibility index (Phi) is 7.83. The molecule has 0 aliphatic carbocycles. The van der Waals surface area contributed by atoms with Crippen molar-refractivity contribution in [3.63, 3.8) is 0 Å². The van der Waals surface area contributed by atoms with Gasteiger partial charge in [0.2, 0.25) is 11.8 Å². The molecule has 3 rings (SSSR count). The molecule has 1 aromatic heterocycles. The first-order valence-corrected chi connectivity index (χ1v) is 11.0. The predicted molar refractivity (Wildman–Crippen MR) is 127 cm³/mol. The number of nitrogens with two attached hydrogens (primary N) is 1. The van der Waals surface area contributed by atoms with Gasteiger partial charge in [0.1, 0.15) is 22.8 Å². The van der Waals surface area contributed by atoms with Crippen molar-refractivity contribution in [2.75, 3.05) is 27.4 Å². The van der Waals surface area contributed by atoms with Gasteiger partial charge in [0.25, 0.3) is 0 Å². The molecule has 10 nitrogen and oxygen atoms in total. The van der Waals surface area contributed by atoms with E-state index >= 15 is 0 Å². The van der Waals surface area contributed by atoms with Crippen molar-refractivity contribution in [3.05, 3.63) is 51.9 Å². The number of primary amides is 1. The number of aromatic amines is 1. The quantitative estimate of drug-likeness (QED) is 0.440. The number of amides is 2. The van der Waals surface area contributed by atoms with E-state index in [0.29, 0.717) is 47.0 Å². The maximum atomic E-state index is 13.3. The van der Waals surface area contributed by atoms with E-state index in [0.717, 1.165) is 5.56 Å². The van der Waals surface area contributed by atoms with E-state index in [2.05, 4.69) is 4.98 Å². The summed E-state index contributed by atoms with van der Waals surface area (Å²) < 4.78 is 18.0. The number of nitrogens with one attached hydrogen (secondary N) is 1. The summed E-state index contributed by atoms with van der Waals surface area (Å²) in [6.45, 7) is 4.37. The van der Waals surface area contributed by atoms with Crippen molar-refractivity contribution in [1.82, 2.24) is 14.5 Å². The van der Waals surface area contributed by atoms with Crippen LogP contribution in [0.1, 0.15) is 25.0 Å². The van der Waals surface area contributed by atoms with Crippen LogP contribution in [0.3, 0.4) is 0 Å². The number of methoxy groups -OCH3 is 2. The molecule has 0 atom stereocenters. The van der Waals surface area contributed by atoms with E-state index in [-0.39, 0.29) is 31.1 Å². The first-order valence-electron chi connectivity index (χ1n) is 11.0. The lowest BCUT2D eigenvalue weighted by molar-refractivity contribution is -0.135. The number of ether oxygens (including phenoxy) is 3. The van der Waals surface area contributed by atoms with Crippen LogP contribution in [0, 0.1) is 0 Å². The average molecular weight is 471 g/mol. The molecule has 0 saturated carbocycles. The number of aromatic nitrogens is 2. The number of rotatable bonds is 11. The zero-order valence-corrected chi connectivity index (χ0v) is 19.8. The molecule has 0 bridgehead atoms. The van der Waals surface area contributed by atoms with Crippen molar-refractivity contribution in [2.24, 2.45) is 5.73 Å². The molecular weight excluding hydrogens is 440 g/mol. The summed E-state index contributed by atoms with van der Waals surface area (Å²) >= 11 is 0. The Morgan fingerprint density at radius 1 is 1.09 bits per heavy atom. The SMILES string of the molecule is CCOc1c(CC(=O)N(CC(N)=O)Cc2cc(OC)cc(OC)c2)ccc2[nH]c(=O)n(CC)c12. The van der Waals surface area contributed by atoms with Gasteiger partial charge in [-0.2, -0.15) is 0 Å². The molecule has 3 N–H and O–H groups in total. The lowest BCUT2D eigenvalue weighted by Crippen LogP contribution is -2.38. The number of carbonyl (C=O) groups excluding carboxylic acids is 2. The summed E-state index contributed by atoms with van der Waals surface area (Å²) in [6, 6.07) is 8.75. The summed E-state index contributed by atoms with van der Waals surface area (Å²) in [5, 5.41) is 0. The molecule has 10 heteroatoms. The highest BCUT2D eigenvalue weighted by molar-refractivity contribution is 5.89. The number of nitrogens with zero attached hydrogens (tertiary/aromatic N) is 2. The van der Waals surface area contributed by atoms with E-state index in [9.17, 15) is 14.4 Å². The maximum Gasteiger partial charge on any atom is 0.326 e. The molecule has 2 aromatic carbocycles. The van der Waals surface area contributed by atoms with Gasteiger partial charge in [0.15, 0.2) is 0 Å². The van der Waals surface area contributed by atoms with E-state index in [4.69, 9.17) is 19.9 Å². The molecule has 1 heterocycles. The molecule has 0 spiro atoms. The third-order valence-corrected chi connectivity index (χ3v) is 5.40. The minimum Gasteiger partial charge on any atom is -0.497 e. The number of carbonyl (C=O) groups is 2. The Bertz CT molecular complexity index is 1220. The summed E-state index contributed by atoms with van der Waals surface area (Å²) in [4.78, 5) is 41.6. The monoisotopic (exact) mass is 470 g/mol. The van der Waals surface area contributed by atoms with Gasteiger partial charge < -0.3 is 29.8 Å². The summed E-state index contributed by atoms with van der Waals surface area (Å²) in [5.41, 5.74) is 7.76. The molecule has 0 unspecified atom stereocenters. The van der Waals surface area contributed by atoms with E-state index in [1.54, 1.807) is 34.9 Å². The molecule has 0 radical (unpaired) electrons. The zero-order chi connectivity index (χ0) is 24.8. The van der Waals surface area contributed by atoms with Crippen LogP contribution in [0.15, 0.2) is 35.1 Å². The van der Waals surface area contributed by atoms with Crippen LogP contribution in [0.5, 0.6) is 17.2 Å². The highest BCUT2D eigenvalue weighted by Gasteiger charge is 2.22. The maximum absolute atomic E-state index is 13.3. The first-order chi connectivity index (χ1) is 16.3. The molecule has 182 valence electrons. The van der Waals surface area contributed by atoms with Crippen molar-refractivity contribution < 1.29 is 23.8 Å². The number of benzene rings is 2. The second kappa shape index (κ2) is 10.8. The number of fused-ring (bicyclic) bond motifs is 1. The molecule has 0 saturated heterocycles. The Morgan fingerprint density at radius 2 is 1.76 bits per heavy atom. The molecule has 2 amide bonds. The van der Waals surface area contributed by atoms with Crippen molar-refractivity contribution in [2.45, 2.75) is 33.4 Å². The molecule has 0 aliphatic rings. The summed E-state index contributed by atoms with van der Waals surface area (Å²) in [5.74, 6) is 0.649. The lowest BCUT2D eigenvalue weighted by Gasteiger charge is -2.23. The predicted octanol–water partition coefficient (Wildman–Crippen LogP) is 1.82. The minimum atomic E-state index is -0.630. The normalized spacial score (nSPS) is 10.8. The average Bonchev–Trinajstić information content (AvgIpc) is 3.14. The fraction of sp³-hybridized carbons (Fsp3) is 0.375. The van der Waals surface area contributed by atoms with Gasteiger partial charge in [0.05, 0.1) is 39.3 Å². The Balaban J connectivity index is 1.96. The van der Waals surface area contributed by atoms with E-state index in [1.807, 2.05) is 13.8 Å². The third-order valence-electron chi connectivity index (χ3n) is 5.40. The first kappa shape index (κ1) is 24.7. The lowest BCUT2D eigenvalue weighted by atomic mass is 10.1. The third kappa shape index (κ3) is 5.33. The van der Waals surface area contributed by atoms with E-state index < -0.39 is 5.91 Å². The molecule has 0 aliphatic heterocycles. The molecule has 34 heavy (non-hydrogen) atoms. The Hall–Kier alpha value is -3.95. The van der Waals surface area contributed by atoms with Crippen molar-refractivity contribution >= 4 is 22.8 Å². The number of hydrogen-bond acceptors (Lipinski definition) is 6. The van der Waals surface area contributed by atoms with Gasteiger partial charge in [-0.05, 0) is 37.6 Å². The van der Waals surface area contributed by atoms with E-state index in [1.165, 1.54) is 19.1 Å². The van der Waals surface area contributed by atoms with Crippen molar-refractivity contribution in [1.29, 1.82) is 0 Å². The van der Waals surface area contributed by atoms with Crippen LogP contribution in [0.4, 0.5) is 0 Å². The highest BCUT2D eigenvalue weighted by atomic mass is 16.5. The fourth-order valence-electron chi connectivity index (χ4n) is 3.89. The second-order valence-corrected chi connectivity index (χ2v) is 7.67. The van der Waals surface area contributed by atoms with Gasteiger partial charge in [-0.1, -0.05) is 6.07 Å². The van der Waals surface area contributed by atoms with Crippen LogP contribution in [-0.4, -0.2) is 53.6 Å². The summed E-state index contributed by atoms with van der Waals surface area (Å²) in [7, 11) is 3.07. The van der Waals surface area contributed by atoms with Gasteiger partial charge in [0, 0.05) is 24.7 Å². The zero-order valence-electron chi connectivity index (χ0n) is 19.8. The molecule has 0 fully saturated rings. The molecule has 3 aromatic rings. The van der Waals surface area contributed by atoms with Crippen LogP contribution in [-0.2, 0) is 29.1 Å². The van der Waals surface area contributed by atoms with Gasteiger partial charge >= 0.3 is 5.69 Å². The number of hydrogen-bond donors (Lipinski definition) is 2. The minimum absolute atomic E-state index is 0.0389. The van der Waals surface area contributed by atoms with Crippen LogP contribution in [0.2, 0.25) is 0 Å². The van der Waals surface area contributed by atoms with Crippen LogP contribution in [0.25, 0.3) is 11.0 Å². The fourth-order valence-corrected chi connectivity index (χ4v) is 3.89. The number of H-pyrrole nitrogens is 1. The number of aryl methyl sites for hydroxylation is 1. The largest absolute Gasteiger partial charge is 0.497 e. The topological polar surface area (TPSA) is 129 Å². The van der Waals surface area contributed by atoms with Gasteiger partial charge in [-0.3, -0.25) is 14.2 Å². The Labute approximate surface area is 197 Å².